The van der Waals surface area contributed by atoms with Crippen molar-refractivity contribution in [2.24, 2.45) is 0 Å². The average molecular weight is 436 g/mol. The summed E-state index contributed by atoms with van der Waals surface area (Å²) in [4.78, 5) is 29.4. The fourth-order valence-electron chi connectivity index (χ4n) is 4.66. The molecular formula is C22H21N5O3S. The SMILES string of the molecule is CC(=O)N1C[C@H]2CC[C@@H](C1)N2Cc1cc2ncc(Oc3nc4ncccc4s3)cc2o1. The van der Waals surface area contributed by atoms with Crippen molar-refractivity contribution in [1.29, 1.82) is 0 Å². The molecule has 2 bridgehead atoms. The number of fused-ring (bicyclic) bond motifs is 4. The Morgan fingerprint density at radius 3 is 2.87 bits per heavy atom. The van der Waals surface area contributed by atoms with Crippen molar-refractivity contribution >= 4 is 38.7 Å². The smallest absolute Gasteiger partial charge is 0.281 e. The Morgan fingerprint density at radius 1 is 1.26 bits per heavy atom. The number of aromatic nitrogens is 3. The van der Waals surface area contributed by atoms with Gasteiger partial charge in [0.05, 0.1) is 17.4 Å². The molecular weight excluding hydrogens is 414 g/mol. The third-order valence-corrected chi connectivity index (χ3v) is 7.05. The lowest BCUT2D eigenvalue weighted by Gasteiger charge is -2.40. The highest BCUT2D eigenvalue weighted by molar-refractivity contribution is 7.20. The van der Waals surface area contributed by atoms with Crippen molar-refractivity contribution in [3.05, 3.63) is 42.4 Å². The predicted octanol–water partition coefficient (Wildman–Crippen LogP) is 3.82. The first-order valence-corrected chi connectivity index (χ1v) is 11.2. The Balaban J connectivity index is 1.20. The molecule has 9 heteroatoms. The molecule has 2 saturated heterocycles. The zero-order valence-electron chi connectivity index (χ0n) is 17.0. The number of piperazine rings is 1. The minimum absolute atomic E-state index is 0.168. The van der Waals surface area contributed by atoms with Crippen LogP contribution in [0.15, 0.2) is 41.1 Å². The fourth-order valence-corrected chi connectivity index (χ4v) is 5.46. The molecule has 158 valence electrons. The van der Waals surface area contributed by atoms with Gasteiger partial charge in [-0.1, -0.05) is 11.3 Å². The molecule has 0 aliphatic carbocycles. The molecule has 4 aromatic rings. The number of rotatable bonds is 4. The van der Waals surface area contributed by atoms with Crippen LogP contribution in [0.4, 0.5) is 0 Å². The van der Waals surface area contributed by atoms with Gasteiger partial charge in [0.1, 0.15) is 11.3 Å². The molecule has 0 radical (unpaired) electrons. The second-order valence-electron chi connectivity index (χ2n) is 8.16. The lowest BCUT2D eigenvalue weighted by atomic mass is 10.2. The Labute approximate surface area is 182 Å². The molecule has 8 nitrogen and oxygen atoms in total. The highest BCUT2D eigenvalue weighted by atomic mass is 32.1. The largest absolute Gasteiger partial charge is 0.458 e. The van der Waals surface area contributed by atoms with Gasteiger partial charge in [0.25, 0.3) is 5.19 Å². The van der Waals surface area contributed by atoms with Crippen LogP contribution < -0.4 is 4.74 Å². The standard InChI is InChI=1S/C22H21N5O3S/c1-13(28)26-10-14-4-5-15(11-26)27(14)12-17-7-18-19(29-17)8-16(9-24-18)30-22-25-21-20(31-22)3-2-6-23-21/h2-3,6-9,14-15H,4-5,10-12H2,1H3/t14-,15+. The molecule has 2 aliphatic heterocycles. The van der Waals surface area contributed by atoms with Crippen LogP contribution in [-0.4, -0.2) is 55.8 Å². The van der Waals surface area contributed by atoms with Gasteiger partial charge < -0.3 is 14.1 Å². The number of amides is 1. The highest BCUT2D eigenvalue weighted by Crippen LogP contribution is 2.34. The van der Waals surface area contributed by atoms with Crippen LogP contribution in [0.5, 0.6) is 10.9 Å². The molecule has 0 saturated carbocycles. The number of carbonyl (C=O) groups excluding carboxylic acids is 1. The van der Waals surface area contributed by atoms with Crippen LogP contribution in [0, 0.1) is 0 Å². The molecule has 31 heavy (non-hydrogen) atoms. The van der Waals surface area contributed by atoms with E-state index in [-0.39, 0.29) is 5.91 Å². The number of furan rings is 1. The van der Waals surface area contributed by atoms with Crippen molar-refractivity contribution in [2.75, 3.05) is 13.1 Å². The quantitative estimate of drug-likeness (QED) is 0.482. The number of likely N-dealkylation sites (tertiary alicyclic amines) is 1. The Bertz CT molecular complexity index is 1240. The van der Waals surface area contributed by atoms with Gasteiger partial charge in [-0.25, -0.2) is 9.97 Å². The van der Waals surface area contributed by atoms with Crippen molar-refractivity contribution in [3.63, 3.8) is 0 Å². The lowest BCUT2D eigenvalue weighted by molar-refractivity contribution is -0.132. The number of hydrogen-bond donors (Lipinski definition) is 0. The molecule has 0 aromatic carbocycles. The maximum Gasteiger partial charge on any atom is 0.281 e. The molecule has 2 fully saturated rings. The topological polar surface area (TPSA) is 84.6 Å². The number of pyridine rings is 2. The molecule has 6 rings (SSSR count). The van der Waals surface area contributed by atoms with Gasteiger partial charge in [-0.15, -0.1) is 0 Å². The molecule has 6 heterocycles. The van der Waals surface area contributed by atoms with E-state index >= 15 is 0 Å². The first kappa shape index (κ1) is 18.7. The second kappa shape index (κ2) is 7.28. The summed E-state index contributed by atoms with van der Waals surface area (Å²) in [6.07, 6.45) is 5.66. The summed E-state index contributed by atoms with van der Waals surface area (Å²) in [5.74, 6) is 1.64. The first-order chi connectivity index (χ1) is 15.1. The number of nitrogens with zero attached hydrogens (tertiary/aromatic N) is 5. The monoisotopic (exact) mass is 435 g/mol. The minimum atomic E-state index is 0.168. The Morgan fingerprint density at radius 2 is 2.10 bits per heavy atom. The lowest BCUT2D eigenvalue weighted by Crippen LogP contribution is -2.54. The number of hydrogen-bond acceptors (Lipinski definition) is 8. The zero-order valence-corrected chi connectivity index (χ0v) is 17.8. The summed E-state index contributed by atoms with van der Waals surface area (Å²) in [6, 6.07) is 8.50. The van der Waals surface area contributed by atoms with Gasteiger partial charge in [-0.2, -0.15) is 4.98 Å². The molecule has 4 aromatic heterocycles. The average Bonchev–Trinajstić information content (AvgIpc) is 3.40. The summed E-state index contributed by atoms with van der Waals surface area (Å²) in [5, 5.41) is 0.529. The molecule has 0 spiro atoms. The highest BCUT2D eigenvalue weighted by Gasteiger charge is 2.40. The summed E-state index contributed by atoms with van der Waals surface area (Å²) in [6.45, 7) is 4.00. The van der Waals surface area contributed by atoms with E-state index in [0.29, 0.717) is 34.3 Å². The van der Waals surface area contributed by atoms with Crippen molar-refractivity contribution in [1.82, 2.24) is 24.8 Å². The van der Waals surface area contributed by atoms with Crippen molar-refractivity contribution in [3.8, 4) is 10.9 Å². The van der Waals surface area contributed by atoms with E-state index in [1.807, 2.05) is 29.2 Å². The van der Waals surface area contributed by atoms with Gasteiger partial charge >= 0.3 is 0 Å². The normalized spacial score (nSPS) is 21.3. The summed E-state index contributed by atoms with van der Waals surface area (Å²) < 4.78 is 13.0. The molecule has 2 atom stereocenters. The maximum atomic E-state index is 11.8. The third kappa shape index (κ3) is 3.43. The summed E-state index contributed by atoms with van der Waals surface area (Å²) in [5.41, 5.74) is 2.18. The van der Waals surface area contributed by atoms with E-state index in [1.165, 1.54) is 11.3 Å². The van der Waals surface area contributed by atoms with Gasteiger partial charge in [0, 0.05) is 50.4 Å². The number of thiazole rings is 1. The van der Waals surface area contributed by atoms with Gasteiger partial charge in [0.2, 0.25) is 5.91 Å². The Hall–Kier alpha value is -3.04. The predicted molar refractivity (Wildman–Crippen MR) is 116 cm³/mol. The van der Waals surface area contributed by atoms with Gasteiger partial charge in [0.15, 0.2) is 17.0 Å². The molecule has 2 aliphatic rings. The maximum absolute atomic E-state index is 11.8. The van der Waals surface area contributed by atoms with Crippen LogP contribution in [0.1, 0.15) is 25.5 Å². The van der Waals surface area contributed by atoms with E-state index in [4.69, 9.17) is 9.15 Å². The first-order valence-electron chi connectivity index (χ1n) is 10.4. The third-order valence-electron chi connectivity index (χ3n) is 6.16. The van der Waals surface area contributed by atoms with E-state index in [9.17, 15) is 4.79 Å². The van der Waals surface area contributed by atoms with E-state index in [0.717, 1.165) is 48.5 Å². The van der Waals surface area contributed by atoms with Gasteiger partial charge in [-0.3, -0.25) is 9.69 Å². The van der Waals surface area contributed by atoms with E-state index < -0.39 is 0 Å². The van der Waals surface area contributed by atoms with Crippen LogP contribution in [0.2, 0.25) is 0 Å². The van der Waals surface area contributed by atoms with Crippen molar-refractivity contribution < 1.29 is 13.9 Å². The van der Waals surface area contributed by atoms with E-state index in [1.54, 1.807) is 19.3 Å². The molecule has 1 amide bonds. The van der Waals surface area contributed by atoms with Crippen LogP contribution in [0.3, 0.4) is 0 Å². The number of ether oxygens (including phenoxy) is 1. The molecule has 0 unspecified atom stereocenters. The van der Waals surface area contributed by atoms with Crippen molar-refractivity contribution in [2.45, 2.75) is 38.4 Å². The van der Waals surface area contributed by atoms with Crippen LogP contribution >= 0.6 is 11.3 Å². The van der Waals surface area contributed by atoms with E-state index in [2.05, 4.69) is 19.9 Å². The molecule has 0 N–H and O–H groups in total. The summed E-state index contributed by atoms with van der Waals surface area (Å²) in [7, 11) is 0. The number of carbonyl (C=O) groups is 1. The summed E-state index contributed by atoms with van der Waals surface area (Å²) >= 11 is 1.45. The Kier molecular flexibility index (Phi) is 4.39. The fraction of sp³-hybridized carbons (Fsp3) is 0.364. The zero-order chi connectivity index (χ0) is 20.9. The second-order valence-corrected chi connectivity index (χ2v) is 9.15. The van der Waals surface area contributed by atoms with Crippen LogP contribution in [-0.2, 0) is 11.3 Å². The minimum Gasteiger partial charge on any atom is -0.458 e. The van der Waals surface area contributed by atoms with Crippen LogP contribution in [0.25, 0.3) is 21.4 Å². The van der Waals surface area contributed by atoms with Gasteiger partial charge in [-0.05, 0) is 25.0 Å².